The molecule has 0 spiro atoms. The van der Waals surface area contributed by atoms with Gasteiger partial charge in [0.15, 0.2) is 0 Å². The molecule has 2 atom stereocenters. The lowest BCUT2D eigenvalue weighted by molar-refractivity contribution is 0.404. The van der Waals surface area contributed by atoms with Crippen molar-refractivity contribution < 1.29 is 9.84 Å². The SMILES string of the molecule is COc1ccc(C(C)NCCC(C)SC)c(O)c1. The van der Waals surface area contributed by atoms with Gasteiger partial charge in [-0.25, -0.2) is 0 Å². The molecule has 0 bridgehead atoms. The van der Waals surface area contributed by atoms with Gasteiger partial charge < -0.3 is 15.2 Å². The lowest BCUT2D eigenvalue weighted by Gasteiger charge is -2.17. The third-order valence-corrected chi connectivity index (χ3v) is 4.15. The average Bonchev–Trinajstić information content (AvgIpc) is 2.37. The Bertz CT molecular complexity index is 371. The minimum atomic E-state index is 0.143. The molecule has 0 saturated heterocycles. The highest BCUT2D eigenvalue weighted by Crippen LogP contribution is 2.28. The van der Waals surface area contributed by atoms with Gasteiger partial charge >= 0.3 is 0 Å². The van der Waals surface area contributed by atoms with Crippen LogP contribution in [0.25, 0.3) is 0 Å². The molecular weight excluding hydrogens is 246 g/mol. The van der Waals surface area contributed by atoms with Gasteiger partial charge in [-0.3, -0.25) is 0 Å². The molecule has 3 nitrogen and oxygen atoms in total. The van der Waals surface area contributed by atoms with Gasteiger partial charge in [0, 0.05) is 22.9 Å². The van der Waals surface area contributed by atoms with E-state index in [1.807, 2.05) is 23.9 Å². The Hall–Kier alpha value is -0.870. The first-order valence-electron chi connectivity index (χ1n) is 6.21. The second kappa shape index (κ2) is 7.54. The van der Waals surface area contributed by atoms with E-state index in [0.29, 0.717) is 11.0 Å². The Labute approximate surface area is 114 Å². The number of thioether (sulfide) groups is 1. The molecule has 1 rings (SSSR count). The zero-order valence-corrected chi connectivity index (χ0v) is 12.4. The third kappa shape index (κ3) is 4.42. The molecule has 2 N–H and O–H groups in total. The van der Waals surface area contributed by atoms with Crippen LogP contribution in [0.4, 0.5) is 0 Å². The lowest BCUT2D eigenvalue weighted by atomic mass is 10.1. The maximum atomic E-state index is 9.92. The monoisotopic (exact) mass is 269 g/mol. The van der Waals surface area contributed by atoms with Gasteiger partial charge in [0.1, 0.15) is 11.5 Å². The highest BCUT2D eigenvalue weighted by Gasteiger charge is 2.11. The Balaban J connectivity index is 2.53. The molecule has 0 aliphatic rings. The summed E-state index contributed by atoms with van der Waals surface area (Å²) in [4.78, 5) is 0. The van der Waals surface area contributed by atoms with Gasteiger partial charge in [0.05, 0.1) is 7.11 Å². The number of methoxy groups -OCH3 is 1. The zero-order valence-electron chi connectivity index (χ0n) is 11.6. The molecule has 2 unspecified atom stereocenters. The summed E-state index contributed by atoms with van der Waals surface area (Å²) in [7, 11) is 1.60. The summed E-state index contributed by atoms with van der Waals surface area (Å²) in [6.07, 6.45) is 3.26. The number of hydrogen-bond donors (Lipinski definition) is 2. The van der Waals surface area contributed by atoms with E-state index in [4.69, 9.17) is 4.74 Å². The number of phenolic OH excluding ortho intramolecular Hbond substituents is 1. The van der Waals surface area contributed by atoms with Crippen molar-refractivity contribution in [2.75, 3.05) is 19.9 Å². The van der Waals surface area contributed by atoms with Crippen LogP contribution in [0.1, 0.15) is 31.9 Å². The molecule has 0 aromatic heterocycles. The second-order valence-electron chi connectivity index (χ2n) is 4.44. The Morgan fingerprint density at radius 2 is 2.11 bits per heavy atom. The van der Waals surface area contributed by atoms with Crippen molar-refractivity contribution in [3.05, 3.63) is 23.8 Å². The van der Waals surface area contributed by atoms with Crippen LogP contribution in [-0.2, 0) is 0 Å². The van der Waals surface area contributed by atoms with Crippen molar-refractivity contribution in [1.82, 2.24) is 5.32 Å². The molecule has 0 heterocycles. The fraction of sp³-hybridized carbons (Fsp3) is 0.571. The van der Waals surface area contributed by atoms with E-state index in [0.717, 1.165) is 18.5 Å². The Morgan fingerprint density at radius 1 is 1.39 bits per heavy atom. The minimum Gasteiger partial charge on any atom is -0.507 e. The predicted molar refractivity (Wildman–Crippen MR) is 78.7 cm³/mol. The molecular formula is C14H23NO2S. The van der Waals surface area contributed by atoms with Crippen LogP contribution in [0.5, 0.6) is 11.5 Å². The van der Waals surface area contributed by atoms with Crippen LogP contribution < -0.4 is 10.1 Å². The molecule has 0 radical (unpaired) electrons. The van der Waals surface area contributed by atoms with Crippen molar-refractivity contribution in [2.45, 2.75) is 31.6 Å². The molecule has 0 amide bonds. The maximum Gasteiger partial charge on any atom is 0.124 e. The summed E-state index contributed by atoms with van der Waals surface area (Å²) in [5, 5.41) is 14.0. The molecule has 4 heteroatoms. The Morgan fingerprint density at radius 3 is 2.67 bits per heavy atom. The summed E-state index contributed by atoms with van der Waals surface area (Å²) in [5.74, 6) is 0.965. The quantitative estimate of drug-likeness (QED) is 0.797. The first-order chi connectivity index (χ1) is 8.58. The number of ether oxygens (including phenoxy) is 1. The van der Waals surface area contributed by atoms with Gasteiger partial charge in [-0.1, -0.05) is 13.0 Å². The molecule has 102 valence electrons. The van der Waals surface area contributed by atoms with E-state index in [1.165, 1.54) is 0 Å². The van der Waals surface area contributed by atoms with Crippen molar-refractivity contribution >= 4 is 11.8 Å². The highest BCUT2D eigenvalue weighted by molar-refractivity contribution is 7.99. The molecule has 1 aromatic rings. The van der Waals surface area contributed by atoms with E-state index in [2.05, 4.69) is 25.4 Å². The van der Waals surface area contributed by atoms with Crippen LogP contribution >= 0.6 is 11.8 Å². The van der Waals surface area contributed by atoms with Crippen LogP contribution in [0, 0.1) is 0 Å². The smallest absolute Gasteiger partial charge is 0.124 e. The lowest BCUT2D eigenvalue weighted by Crippen LogP contribution is -2.22. The van der Waals surface area contributed by atoms with E-state index in [9.17, 15) is 5.11 Å². The van der Waals surface area contributed by atoms with E-state index < -0.39 is 0 Å². The molecule has 0 saturated carbocycles. The summed E-state index contributed by atoms with van der Waals surface area (Å²) in [6.45, 7) is 5.24. The van der Waals surface area contributed by atoms with Gasteiger partial charge in [0.2, 0.25) is 0 Å². The summed E-state index contributed by atoms with van der Waals surface area (Å²) < 4.78 is 5.07. The number of phenols is 1. The first kappa shape index (κ1) is 15.2. The maximum absolute atomic E-state index is 9.92. The van der Waals surface area contributed by atoms with Crippen LogP contribution in [-0.4, -0.2) is 30.3 Å². The largest absolute Gasteiger partial charge is 0.507 e. The highest BCUT2D eigenvalue weighted by atomic mass is 32.2. The second-order valence-corrected chi connectivity index (χ2v) is 5.71. The molecule has 0 aliphatic carbocycles. The van der Waals surface area contributed by atoms with Crippen molar-refractivity contribution in [1.29, 1.82) is 0 Å². The van der Waals surface area contributed by atoms with Crippen molar-refractivity contribution in [3.63, 3.8) is 0 Å². The normalized spacial score (nSPS) is 14.2. The summed E-state index contributed by atoms with van der Waals surface area (Å²) in [5.41, 5.74) is 0.910. The number of nitrogens with one attached hydrogen (secondary N) is 1. The minimum absolute atomic E-state index is 0.143. The summed E-state index contributed by atoms with van der Waals surface area (Å²) >= 11 is 1.87. The zero-order chi connectivity index (χ0) is 13.5. The molecule has 0 aliphatic heterocycles. The number of benzene rings is 1. The standard InChI is InChI=1S/C14H23NO2S/c1-10(18-4)7-8-15-11(2)13-6-5-12(17-3)9-14(13)16/h5-6,9-11,15-16H,7-8H2,1-4H3. The van der Waals surface area contributed by atoms with Crippen LogP contribution in [0.15, 0.2) is 18.2 Å². The first-order valence-corrected chi connectivity index (χ1v) is 7.50. The van der Waals surface area contributed by atoms with E-state index in [-0.39, 0.29) is 11.8 Å². The average molecular weight is 269 g/mol. The summed E-state index contributed by atoms with van der Waals surface area (Å²) in [6, 6.07) is 5.57. The number of aromatic hydroxyl groups is 1. The van der Waals surface area contributed by atoms with Gasteiger partial charge in [-0.05, 0) is 32.2 Å². The number of hydrogen-bond acceptors (Lipinski definition) is 4. The molecule has 1 aromatic carbocycles. The molecule has 0 fully saturated rings. The van der Waals surface area contributed by atoms with Crippen LogP contribution in [0.3, 0.4) is 0 Å². The van der Waals surface area contributed by atoms with Gasteiger partial charge in [-0.15, -0.1) is 0 Å². The Kier molecular flexibility index (Phi) is 6.36. The van der Waals surface area contributed by atoms with Gasteiger partial charge in [0.25, 0.3) is 0 Å². The van der Waals surface area contributed by atoms with Gasteiger partial charge in [-0.2, -0.15) is 11.8 Å². The van der Waals surface area contributed by atoms with Crippen LogP contribution in [0.2, 0.25) is 0 Å². The number of rotatable bonds is 7. The predicted octanol–water partition coefficient (Wildman–Crippen LogP) is 3.19. The third-order valence-electron chi connectivity index (χ3n) is 3.11. The molecule has 18 heavy (non-hydrogen) atoms. The fourth-order valence-electron chi connectivity index (χ4n) is 1.75. The van der Waals surface area contributed by atoms with E-state index in [1.54, 1.807) is 13.2 Å². The van der Waals surface area contributed by atoms with E-state index >= 15 is 0 Å². The van der Waals surface area contributed by atoms with Crippen molar-refractivity contribution in [2.24, 2.45) is 0 Å². The fourth-order valence-corrected chi connectivity index (χ4v) is 2.10. The topological polar surface area (TPSA) is 41.5 Å². The van der Waals surface area contributed by atoms with Crippen molar-refractivity contribution in [3.8, 4) is 11.5 Å².